The van der Waals surface area contributed by atoms with E-state index in [4.69, 9.17) is 11.5 Å². The van der Waals surface area contributed by atoms with E-state index >= 15 is 0 Å². The van der Waals surface area contributed by atoms with Crippen molar-refractivity contribution in [3.63, 3.8) is 0 Å². The Labute approximate surface area is 199 Å². The van der Waals surface area contributed by atoms with E-state index in [0.717, 1.165) is 24.2 Å². The van der Waals surface area contributed by atoms with Gasteiger partial charge in [-0.25, -0.2) is 0 Å². The number of anilines is 2. The zero-order valence-corrected chi connectivity index (χ0v) is 20.6. The first-order chi connectivity index (χ1) is 15.8. The molecule has 168 valence electrons. The molecular weight excluding hydrogens is 419 g/mol. The zero-order valence-electron chi connectivity index (χ0n) is 19.8. The van der Waals surface area contributed by atoms with Gasteiger partial charge in [-0.05, 0) is 48.2 Å². The SMILES string of the molecule is CC(C)(C)P(c1cccc(Cc2ccccc2)c1N)c1cccc(Cc2ccccc2)c1N. The van der Waals surface area contributed by atoms with Crippen molar-refractivity contribution in [1.82, 2.24) is 0 Å². The molecule has 0 bridgehead atoms. The van der Waals surface area contributed by atoms with Gasteiger partial charge in [-0.2, -0.15) is 0 Å². The minimum Gasteiger partial charge on any atom is -0.398 e. The highest BCUT2D eigenvalue weighted by molar-refractivity contribution is 7.75. The Morgan fingerprint density at radius 3 is 1.30 bits per heavy atom. The fraction of sp³-hybridized carbons (Fsp3) is 0.200. The molecule has 4 aromatic carbocycles. The van der Waals surface area contributed by atoms with Crippen molar-refractivity contribution in [2.45, 2.75) is 38.8 Å². The molecule has 4 rings (SSSR count). The van der Waals surface area contributed by atoms with Crippen molar-refractivity contribution < 1.29 is 0 Å². The van der Waals surface area contributed by atoms with Crippen molar-refractivity contribution in [2.24, 2.45) is 0 Å². The number of hydrogen-bond acceptors (Lipinski definition) is 2. The lowest BCUT2D eigenvalue weighted by Crippen LogP contribution is -2.30. The topological polar surface area (TPSA) is 52.0 Å². The van der Waals surface area contributed by atoms with E-state index in [9.17, 15) is 0 Å². The first kappa shape index (κ1) is 23.1. The van der Waals surface area contributed by atoms with Gasteiger partial charge in [0, 0.05) is 22.0 Å². The molecule has 0 fully saturated rings. The van der Waals surface area contributed by atoms with Crippen molar-refractivity contribution in [3.8, 4) is 0 Å². The van der Waals surface area contributed by atoms with E-state index in [0.29, 0.717) is 0 Å². The second-order valence-corrected chi connectivity index (χ2v) is 12.5. The summed E-state index contributed by atoms with van der Waals surface area (Å²) in [5, 5.41) is 2.44. The molecule has 33 heavy (non-hydrogen) atoms. The molecular formula is C30H33N2P. The van der Waals surface area contributed by atoms with E-state index in [1.807, 2.05) is 12.1 Å². The molecule has 0 radical (unpaired) electrons. The van der Waals surface area contributed by atoms with Crippen molar-refractivity contribution in [1.29, 1.82) is 0 Å². The van der Waals surface area contributed by atoms with Gasteiger partial charge < -0.3 is 11.5 Å². The fourth-order valence-corrected chi connectivity index (χ4v) is 7.33. The van der Waals surface area contributed by atoms with Crippen LogP contribution in [0.5, 0.6) is 0 Å². The van der Waals surface area contributed by atoms with E-state index in [-0.39, 0.29) is 5.16 Å². The Balaban J connectivity index is 1.76. The molecule has 0 heterocycles. The van der Waals surface area contributed by atoms with Crippen LogP contribution >= 0.6 is 7.92 Å². The number of para-hydroxylation sites is 2. The summed E-state index contributed by atoms with van der Waals surface area (Å²) in [5.41, 5.74) is 20.4. The van der Waals surface area contributed by atoms with Gasteiger partial charge in [0.1, 0.15) is 0 Å². The summed E-state index contributed by atoms with van der Waals surface area (Å²) in [6.07, 6.45) is 1.66. The lowest BCUT2D eigenvalue weighted by Gasteiger charge is -2.34. The van der Waals surface area contributed by atoms with Crippen LogP contribution in [0.3, 0.4) is 0 Å². The maximum absolute atomic E-state index is 6.85. The van der Waals surface area contributed by atoms with Crippen LogP contribution in [0.4, 0.5) is 11.4 Å². The van der Waals surface area contributed by atoms with Crippen LogP contribution in [-0.4, -0.2) is 5.16 Å². The first-order valence-electron chi connectivity index (χ1n) is 11.5. The summed E-state index contributed by atoms with van der Waals surface area (Å²) >= 11 is 0. The molecule has 0 aliphatic carbocycles. The molecule has 0 unspecified atom stereocenters. The van der Waals surface area contributed by atoms with Crippen LogP contribution in [0.1, 0.15) is 43.0 Å². The normalized spacial score (nSPS) is 11.6. The smallest absolute Gasteiger partial charge is 0.0431 e. The van der Waals surface area contributed by atoms with Crippen LogP contribution in [0.15, 0.2) is 97.1 Å². The maximum atomic E-state index is 6.85. The summed E-state index contributed by atoms with van der Waals surface area (Å²) < 4.78 is 0. The fourth-order valence-electron chi connectivity index (χ4n) is 4.38. The third kappa shape index (κ3) is 5.29. The van der Waals surface area contributed by atoms with Gasteiger partial charge in [0.05, 0.1) is 0 Å². The maximum Gasteiger partial charge on any atom is 0.0431 e. The van der Waals surface area contributed by atoms with Gasteiger partial charge in [0.25, 0.3) is 0 Å². The first-order valence-corrected chi connectivity index (χ1v) is 12.8. The van der Waals surface area contributed by atoms with Crippen molar-refractivity contribution in [2.75, 3.05) is 11.5 Å². The quantitative estimate of drug-likeness (QED) is 0.268. The molecule has 0 amide bonds. The van der Waals surface area contributed by atoms with Crippen LogP contribution in [0.2, 0.25) is 0 Å². The zero-order chi connectivity index (χ0) is 23.4. The molecule has 0 aliphatic heterocycles. The van der Waals surface area contributed by atoms with Gasteiger partial charge in [0.15, 0.2) is 0 Å². The monoisotopic (exact) mass is 452 g/mol. The lowest BCUT2D eigenvalue weighted by atomic mass is 10.0. The second-order valence-electron chi connectivity index (χ2n) is 9.53. The molecule has 0 atom stereocenters. The number of benzene rings is 4. The van der Waals surface area contributed by atoms with E-state index in [2.05, 4.69) is 106 Å². The summed E-state index contributed by atoms with van der Waals surface area (Å²) in [7, 11) is -0.765. The standard InChI is InChI=1S/C30H33N2P/c1-30(2,3)33(26-18-10-16-24(28(26)31)20-22-12-6-4-7-13-22)27-19-11-17-25(29(27)32)21-23-14-8-5-9-15-23/h4-19H,20-21,31-32H2,1-3H3. The number of nitrogen functional groups attached to an aromatic ring is 2. The van der Waals surface area contributed by atoms with E-state index in [1.165, 1.54) is 32.9 Å². The molecule has 3 heteroatoms. The Morgan fingerprint density at radius 2 is 0.939 bits per heavy atom. The van der Waals surface area contributed by atoms with Gasteiger partial charge in [-0.15, -0.1) is 0 Å². The largest absolute Gasteiger partial charge is 0.398 e. The molecule has 0 spiro atoms. The number of nitrogens with two attached hydrogens (primary N) is 2. The number of hydrogen-bond donors (Lipinski definition) is 2. The Bertz CT molecular complexity index is 1120. The summed E-state index contributed by atoms with van der Waals surface area (Å²) in [6, 6.07) is 34.0. The molecule has 0 aliphatic rings. The third-order valence-electron chi connectivity index (χ3n) is 5.97. The van der Waals surface area contributed by atoms with Crippen LogP contribution in [0.25, 0.3) is 0 Å². The minimum absolute atomic E-state index is 0.00825. The molecule has 0 saturated heterocycles. The average Bonchev–Trinajstić information content (AvgIpc) is 2.79. The highest BCUT2D eigenvalue weighted by Gasteiger charge is 2.31. The lowest BCUT2D eigenvalue weighted by molar-refractivity contribution is 0.793. The predicted molar refractivity (Wildman–Crippen MR) is 146 cm³/mol. The summed E-state index contributed by atoms with van der Waals surface area (Å²) in [6.45, 7) is 6.89. The highest BCUT2D eigenvalue weighted by atomic mass is 31.1. The summed E-state index contributed by atoms with van der Waals surface area (Å²) in [4.78, 5) is 0. The van der Waals surface area contributed by atoms with Gasteiger partial charge in [0.2, 0.25) is 0 Å². The Kier molecular flexibility index (Phi) is 6.86. The van der Waals surface area contributed by atoms with Crippen LogP contribution < -0.4 is 22.1 Å². The van der Waals surface area contributed by atoms with E-state index < -0.39 is 7.92 Å². The molecule has 4 aromatic rings. The predicted octanol–water partition coefficient (Wildman–Crippen LogP) is 6.26. The van der Waals surface area contributed by atoms with Gasteiger partial charge >= 0.3 is 0 Å². The molecule has 4 N–H and O–H groups in total. The van der Waals surface area contributed by atoms with Crippen molar-refractivity contribution >= 4 is 29.9 Å². The molecule has 0 saturated carbocycles. The highest BCUT2D eigenvalue weighted by Crippen LogP contribution is 2.50. The second kappa shape index (κ2) is 9.81. The minimum atomic E-state index is -0.765. The van der Waals surface area contributed by atoms with Crippen LogP contribution in [0, 0.1) is 0 Å². The Hall–Kier alpha value is -3.09. The van der Waals surface area contributed by atoms with Gasteiger partial charge in [-0.3, -0.25) is 0 Å². The van der Waals surface area contributed by atoms with Crippen molar-refractivity contribution in [3.05, 3.63) is 119 Å². The molecule has 2 nitrogen and oxygen atoms in total. The third-order valence-corrected chi connectivity index (χ3v) is 9.06. The van der Waals surface area contributed by atoms with Crippen LogP contribution in [-0.2, 0) is 12.8 Å². The summed E-state index contributed by atoms with van der Waals surface area (Å²) in [5.74, 6) is 0. The Morgan fingerprint density at radius 1 is 0.545 bits per heavy atom. The van der Waals surface area contributed by atoms with E-state index in [1.54, 1.807) is 0 Å². The van der Waals surface area contributed by atoms with Gasteiger partial charge in [-0.1, -0.05) is 118 Å². The number of rotatable bonds is 6. The average molecular weight is 453 g/mol. The molecule has 0 aromatic heterocycles.